The van der Waals surface area contributed by atoms with Crippen molar-refractivity contribution in [3.63, 3.8) is 0 Å². The first kappa shape index (κ1) is 15.1. The van der Waals surface area contributed by atoms with Crippen LogP contribution in [0.15, 0.2) is 78.5 Å². The summed E-state index contributed by atoms with van der Waals surface area (Å²) in [4.78, 5) is 0. The van der Waals surface area contributed by atoms with E-state index < -0.39 is 10.1 Å². The normalized spacial score (nSPS) is 11.7. The Hall–Kier alpha value is -2.86. The minimum Gasteiger partial charge on any atom is -0.379 e. The quantitative estimate of drug-likeness (QED) is 0.675. The van der Waals surface area contributed by atoms with E-state index in [1.165, 1.54) is 6.08 Å². The minimum absolute atomic E-state index is 0.249. The summed E-state index contributed by atoms with van der Waals surface area (Å²) in [6, 6.07) is 17.6. The van der Waals surface area contributed by atoms with Crippen molar-refractivity contribution in [2.45, 2.75) is 0 Å². The molecule has 6 heteroatoms. The fourth-order valence-electron chi connectivity index (χ4n) is 1.96. The molecule has 0 fully saturated rings. The fourth-order valence-corrected chi connectivity index (χ4v) is 2.72. The van der Waals surface area contributed by atoms with E-state index >= 15 is 0 Å². The van der Waals surface area contributed by atoms with Gasteiger partial charge in [0.2, 0.25) is 0 Å². The van der Waals surface area contributed by atoms with Gasteiger partial charge in [-0.15, -0.1) is 0 Å². The SMILES string of the molecule is O=S(=O)(/C=C/c1ccccc1)Oc1ccc(-n2cccn2)cc1. The zero-order valence-electron chi connectivity index (χ0n) is 12.1. The van der Waals surface area contributed by atoms with Crippen LogP contribution in [0, 0.1) is 0 Å². The molecule has 2 aromatic carbocycles. The lowest BCUT2D eigenvalue weighted by Gasteiger charge is -2.05. The maximum atomic E-state index is 12.0. The summed E-state index contributed by atoms with van der Waals surface area (Å²) in [7, 11) is -3.80. The van der Waals surface area contributed by atoms with Gasteiger partial charge in [0.15, 0.2) is 0 Å². The summed E-state index contributed by atoms with van der Waals surface area (Å²) in [5.74, 6) is 0.249. The molecule has 3 rings (SSSR count). The molecule has 116 valence electrons. The lowest BCUT2D eigenvalue weighted by atomic mass is 10.2. The third-order valence-electron chi connectivity index (χ3n) is 3.04. The highest BCUT2D eigenvalue weighted by molar-refractivity contribution is 7.90. The first-order valence-electron chi connectivity index (χ1n) is 6.90. The number of benzene rings is 2. The van der Waals surface area contributed by atoms with Gasteiger partial charge in [0.25, 0.3) is 0 Å². The van der Waals surface area contributed by atoms with Crippen LogP contribution in [0.1, 0.15) is 5.56 Å². The van der Waals surface area contributed by atoms with Crippen molar-refractivity contribution >= 4 is 16.2 Å². The monoisotopic (exact) mass is 326 g/mol. The predicted molar refractivity (Wildman–Crippen MR) is 88.6 cm³/mol. The number of rotatable bonds is 5. The van der Waals surface area contributed by atoms with E-state index in [0.29, 0.717) is 0 Å². The summed E-state index contributed by atoms with van der Waals surface area (Å²) in [6.07, 6.45) is 4.96. The topological polar surface area (TPSA) is 61.2 Å². The highest BCUT2D eigenvalue weighted by atomic mass is 32.2. The molecule has 23 heavy (non-hydrogen) atoms. The van der Waals surface area contributed by atoms with Gasteiger partial charge >= 0.3 is 10.1 Å². The molecule has 0 aliphatic heterocycles. The van der Waals surface area contributed by atoms with Gasteiger partial charge in [-0.25, -0.2) is 4.68 Å². The maximum Gasteiger partial charge on any atom is 0.332 e. The molecule has 0 amide bonds. The van der Waals surface area contributed by atoms with Crippen LogP contribution in [-0.4, -0.2) is 18.2 Å². The van der Waals surface area contributed by atoms with Gasteiger partial charge in [0.1, 0.15) is 5.75 Å². The molecule has 1 aromatic heterocycles. The Morgan fingerprint density at radius 2 is 1.70 bits per heavy atom. The number of aromatic nitrogens is 2. The number of nitrogens with zero attached hydrogens (tertiary/aromatic N) is 2. The standard InChI is InChI=1S/C17H14N2O3S/c20-23(21,14-11-15-5-2-1-3-6-15)22-17-9-7-16(8-10-17)19-13-4-12-18-19/h1-14H/b14-11+. The summed E-state index contributed by atoms with van der Waals surface area (Å²) in [6.45, 7) is 0. The van der Waals surface area contributed by atoms with Crippen LogP contribution < -0.4 is 4.18 Å². The highest BCUT2D eigenvalue weighted by Crippen LogP contribution is 2.17. The van der Waals surface area contributed by atoms with Crippen molar-refractivity contribution in [3.05, 3.63) is 84.0 Å². The summed E-state index contributed by atoms with van der Waals surface area (Å²) in [5.41, 5.74) is 1.60. The van der Waals surface area contributed by atoms with Crippen LogP contribution in [0.2, 0.25) is 0 Å². The Balaban J connectivity index is 1.72. The second-order valence-corrected chi connectivity index (χ2v) is 6.16. The summed E-state index contributed by atoms with van der Waals surface area (Å²) < 4.78 is 30.6. The Kier molecular flexibility index (Phi) is 4.25. The van der Waals surface area contributed by atoms with Crippen molar-refractivity contribution in [1.82, 2.24) is 9.78 Å². The molecule has 0 unspecified atom stereocenters. The Morgan fingerprint density at radius 3 is 2.35 bits per heavy atom. The van der Waals surface area contributed by atoms with Gasteiger partial charge in [0, 0.05) is 12.4 Å². The highest BCUT2D eigenvalue weighted by Gasteiger charge is 2.08. The smallest absolute Gasteiger partial charge is 0.332 e. The van der Waals surface area contributed by atoms with Crippen LogP contribution in [0.5, 0.6) is 5.75 Å². The van der Waals surface area contributed by atoms with Crippen LogP contribution in [0.25, 0.3) is 11.8 Å². The van der Waals surface area contributed by atoms with Gasteiger partial charge < -0.3 is 4.18 Å². The third-order valence-corrected chi connectivity index (χ3v) is 3.94. The van der Waals surface area contributed by atoms with Gasteiger partial charge in [-0.05, 0) is 42.0 Å². The van der Waals surface area contributed by atoms with Gasteiger partial charge in [-0.1, -0.05) is 30.3 Å². The minimum atomic E-state index is -3.80. The molecule has 0 aliphatic carbocycles. The molecule has 5 nitrogen and oxygen atoms in total. The second kappa shape index (κ2) is 6.50. The zero-order chi connectivity index (χ0) is 16.1. The lowest BCUT2D eigenvalue weighted by Crippen LogP contribution is -2.05. The van der Waals surface area contributed by atoms with Gasteiger partial charge in [0.05, 0.1) is 11.1 Å². The first-order valence-corrected chi connectivity index (χ1v) is 8.37. The first-order chi connectivity index (χ1) is 11.1. The van der Waals surface area contributed by atoms with Gasteiger partial charge in [-0.2, -0.15) is 13.5 Å². The average Bonchev–Trinajstić information content (AvgIpc) is 3.09. The summed E-state index contributed by atoms with van der Waals surface area (Å²) >= 11 is 0. The molecule has 0 radical (unpaired) electrons. The Labute approximate surface area is 134 Å². The molecule has 0 bridgehead atoms. The van der Waals surface area contributed by atoms with E-state index in [9.17, 15) is 8.42 Å². The predicted octanol–water partition coefficient (Wildman–Crippen LogP) is 3.25. The molecular formula is C17H14N2O3S. The molecule has 0 saturated heterocycles. The van der Waals surface area contributed by atoms with E-state index in [4.69, 9.17) is 4.18 Å². The molecule has 0 saturated carbocycles. The molecule has 3 aromatic rings. The largest absolute Gasteiger partial charge is 0.379 e. The van der Waals surface area contributed by atoms with Crippen molar-refractivity contribution in [2.75, 3.05) is 0 Å². The van der Waals surface area contributed by atoms with Crippen LogP contribution in [-0.2, 0) is 10.1 Å². The second-order valence-electron chi connectivity index (χ2n) is 4.73. The van der Waals surface area contributed by atoms with Crippen molar-refractivity contribution in [1.29, 1.82) is 0 Å². The van der Waals surface area contributed by atoms with Crippen molar-refractivity contribution in [3.8, 4) is 11.4 Å². The molecule has 0 N–H and O–H groups in total. The number of hydrogen-bond donors (Lipinski definition) is 0. The van der Waals surface area contributed by atoms with Gasteiger partial charge in [-0.3, -0.25) is 0 Å². The Bertz CT molecular complexity index is 885. The maximum absolute atomic E-state index is 12.0. The molecule has 0 spiro atoms. The van der Waals surface area contributed by atoms with Crippen molar-refractivity contribution < 1.29 is 12.6 Å². The van der Waals surface area contributed by atoms with E-state index in [1.807, 2.05) is 36.4 Å². The van der Waals surface area contributed by atoms with Crippen LogP contribution >= 0.6 is 0 Å². The summed E-state index contributed by atoms with van der Waals surface area (Å²) in [5, 5.41) is 5.15. The zero-order valence-corrected chi connectivity index (χ0v) is 12.9. The Morgan fingerprint density at radius 1 is 0.957 bits per heavy atom. The van der Waals surface area contributed by atoms with E-state index in [2.05, 4.69) is 5.10 Å². The van der Waals surface area contributed by atoms with E-state index in [1.54, 1.807) is 41.3 Å². The lowest BCUT2D eigenvalue weighted by molar-refractivity contribution is 0.497. The third kappa shape index (κ3) is 4.08. The van der Waals surface area contributed by atoms with Crippen molar-refractivity contribution in [2.24, 2.45) is 0 Å². The van der Waals surface area contributed by atoms with E-state index in [-0.39, 0.29) is 5.75 Å². The van der Waals surface area contributed by atoms with E-state index in [0.717, 1.165) is 16.7 Å². The average molecular weight is 326 g/mol. The van der Waals surface area contributed by atoms with Crippen LogP contribution in [0.4, 0.5) is 0 Å². The molecular weight excluding hydrogens is 312 g/mol. The molecule has 0 atom stereocenters. The number of hydrogen-bond acceptors (Lipinski definition) is 4. The molecule has 1 heterocycles. The van der Waals surface area contributed by atoms with Crippen LogP contribution in [0.3, 0.4) is 0 Å². The molecule has 0 aliphatic rings. The fraction of sp³-hybridized carbons (Fsp3) is 0.